The fourth-order valence-corrected chi connectivity index (χ4v) is 2.55. The van der Waals surface area contributed by atoms with Crippen LogP contribution in [0, 0.1) is 0 Å². The van der Waals surface area contributed by atoms with Crippen LogP contribution in [0.25, 0.3) is 0 Å². The summed E-state index contributed by atoms with van der Waals surface area (Å²) in [5, 5.41) is 6.62. The summed E-state index contributed by atoms with van der Waals surface area (Å²) in [4.78, 5) is 4.56. The van der Waals surface area contributed by atoms with Gasteiger partial charge in [0.25, 0.3) is 0 Å². The average molecular weight is 355 g/mol. The maximum absolute atomic E-state index is 5.67. The molecule has 5 heteroatoms. The first kappa shape index (κ1) is 19.8. The van der Waals surface area contributed by atoms with Crippen molar-refractivity contribution in [3.05, 3.63) is 65.7 Å². The number of methoxy groups -OCH3 is 1. The largest absolute Gasteiger partial charge is 0.496 e. The second-order valence-corrected chi connectivity index (χ2v) is 5.79. The van der Waals surface area contributed by atoms with E-state index in [1.807, 2.05) is 36.4 Å². The van der Waals surface area contributed by atoms with E-state index in [-0.39, 0.29) is 0 Å². The Morgan fingerprint density at radius 2 is 1.77 bits per heavy atom. The van der Waals surface area contributed by atoms with Crippen molar-refractivity contribution in [3.8, 4) is 5.75 Å². The number of benzene rings is 2. The standard InChI is InChI=1S/C21H29N3O2/c1-3-22-21(23-14-13-19-11-7-8-12-20(19)25-2)24-15-16-26-17-18-9-5-4-6-10-18/h4-12H,3,13-17H2,1-2H3,(H2,22,23,24). The molecule has 0 atom stereocenters. The molecule has 2 aromatic carbocycles. The number of ether oxygens (including phenoxy) is 2. The minimum atomic E-state index is 0.595. The van der Waals surface area contributed by atoms with Crippen LogP contribution in [0.4, 0.5) is 0 Å². The van der Waals surface area contributed by atoms with Gasteiger partial charge in [-0.3, -0.25) is 4.99 Å². The van der Waals surface area contributed by atoms with Gasteiger partial charge in [0.05, 0.1) is 26.9 Å². The number of rotatable bonds is 10. The summed E-state index contributed by atoms with van der Waals surface area (Å²) < 4.78 is 11.1. The van der Waals surface area contributed by atoms with Crippen LogP contribution in [-0.4, -0.2) is 39.3 Å². The summed E-state index contributed by atoms with van der Waals surface area (Å²) in [6.07, 6.45) is 0.874. The number of aliphatic imine (C=N–C) groups is 1. The van der Waals surface area contributed by atoms with Crippen molar-refractivity contribution in [1.82, 2.24) is 10.6 Å². The first-order valence-electron chi connectivity index (χ1n) is 9.09. The van der Waals surface area contributed by atoms with Crippen molar-refractivity contribution in [2.75, 3.05) is 33.4 Å². The third-order valence-electron chi connectivity index (χ3n) is 3.84. The van der Waals surface area contributed by atoms with Crippen molar-refractivity contribution in [3.63, 3.8) is 0 Å². The third kappa shape index (κ3) is 7.15. The highest BCUT2D eigenvalue weighted by Crippen LogP contribution is 2.17. The Kier molecular flexibility index (Phi) is 9.08. The Balaban J connectivity index is 1.72. The van der Waals surface area contributed by atoms with E-state index in [0.29, 0.717) is 19.8 Å². The van der Waals surface area contributed by atoms with Crippen LogP contribution in [-0.2, 0) is 17.8 Å². The molecule has 0 aliphatic carbocycles. The van der Waals surface area contributed by atoms with E-state index in [9.17, 15) is 0 Å². The summed E-state index contributed by atoms with van der Waals surface area (Å²) in [6.45, 7) is 5.51. The number of hydrogen-bond donors (Lipinski definition) is 2. The minimum absolute atomic E-state index is 0.595. The van der Waals surface area contributed by atoms with Gasteiger partial charge < -0.3 is 20.1 Å². The van der Waals surface area contributed by atoms with Crippen molar-refractivity contribution < 1.29 is 9.47 Å². The highest BCUT2D eigenvalue weighted by atomic mass is 16.5. The van der Waals surface area contributed by atoms with Gasteiger partial charge in [-0.2, -0.15) is 0 Å². The number of para-hydroxylation sites is 1. The van der Waals surface area contributed by atoms with Gasteiger partial charge in [0, 0.05) is 13.1 Å². The number of nitrogens with one attached hydrogen (secondary N) is 2. The van der Waals surface area contributed by atoms with E-state index in [2.05, 4.69) is 40.7 Å². The van der Waals surface area contributed by atoms with E-state index < -0.39 is 0 Å². The zero-order valence-electron chi connectivity index (χ0n) is 15.7. The van der Waals surface area contributed by atoms with Gasteiger partial charge in [0.15, 0.2) is 5.96 Å². The van der Waals surface area contributed by atoms with Gasteiger partial charge in [-0.15, -0.1) is 0 Å². The van der Waals surface area contributed by atoms with Crippen LogP contribution in [0.1, 0.15) is 18.1 Å². The van der Waals surface area contributed by atoms with E-state index in [1.165, 1.54) is 11.1 Å². The van der Waals surface area contributed by atoms with Crippen LogP contribution in [0.2, 0.25) is 0 Å². The van der Waals surface area contributed by atoms with Gasteiger partial charge in [-0.1, -0.05) is 48.5 Å². The van der Waals surface area contributed by atoms with Gasteiger partial charge in [0.2, 0.25) is 0 Å². The first-order valence-corrected chi connectivity index (χ1v) is 9.09. The molecule has 140 valence electrons. The fourth-order valence-electron chi connectivity index (χ4n) is 2.55. The van der Waals surface area contributed by atoms with E-state index in [0.717, 1.165) is 31.2 Å². The van der Waals surface area contributed by atoms with Crippen LogP contribution in [0.5, 0.6) is 5.75 Å². The lowest BCUT2D eigenvalue weighted by atomic mass is 10.1. The van der Waals surface area contributed by atoms with Crippen LogP contribution >= 0.6 is 0 Å². The Hall–Kier alpha value is -2.53. The smallest absolute Gasteiger partial charge is 0.191 e. The van der Waals surface area contributed by atoms with E-state index >= 15 is 0 Å². The molecular weight excluding hydrogens is 326 g/mol. The monoisotopic (exact) mass is 355 g/mol. The summed E-state index contributed by atoms with van der Waals surface area (Å²) in [7, 11) is 1.70. The molecule has 0 spiro atoms. The van der Waals surface area contributed by atoms with Crippen LogP contribution in [0.15, 0.2) is 59.6 Å². The molecule has 0 bridgehead atoms. The molecule has 2 N–H and O–H groups in total. The molecule has 0 unspecified atom stereocenters. The molecule has 0 amide bonds. The predicted octanol–water partition coefficient (Wildman–Crippen LogP) is 3.01. The van der Waals surface area contributed by atoms with Gasteiger partial charge in [-0.25, -0.2) is 0 Å². The molecule has 0 saturated heterocycles. The minimum Gasteiger partial charge on any atom is -0.496 e. The van der Waals surface area contributed by atoms with Crippen molar-refractivity contribution in [2.45, 2.75) is 20.0 Å². The average Bonchev–Trinajstić information content (AvgIpc) is 2.69. The first-order chi connectivity index (χ1) is 12.8. The summed E-state index contributed by atoms with van der Waals surface area (Å²) in [5.41, 5.74) is 2.36. The highest BCUT2D eigenvalue weighted by Gasteiger charge is 2.02. The fraction of sp³-hybridized carbons (Fsp3) is 0.381. The Bertz CT molecular complexity index is 659. The molecule has 0 heterocycles. The van der Waals surface area contributed by atoms with Crippen LogP contribution in [0.3, 0.4) is 0 Å². The van der Waals surface area contributed by atoms with Gasteiger partial charge in [0.1, 0.15) is 5.75 Å². The van der Waals surface area contributed by atoms with Crippen molar-refractivity contribution in [2.24, 2.45) is 4.99 Å². The zero-order chi connectivity index (χ0) is 18.5. The quantitative estimate of drug-likeness (QED) is 0.391. The second-order valence-electron chi connectivity index (χ2n) is 5.79. The molecule has 0 aliphatic rings. The summed E-state index contributed by atoms with van der Waals surface area (Å²) >= 11 is 0. The molecule has 2 rings (SSSR count). The molecule has 0 saturated carbocycles. The van der Waals surface area contributed by atoms with Crippen LogP contribution < -0.4 is 15.4 Å². The van der Waals surface area contributed by atoms with Gasteiger partial charge in [-0.05, 0) is 30.5 Å². The molecule has 0 radical (unpaired) electrons. The number of hydrogen-bond acceptors (Lipinski definition) is 3. The summed E-state index contributed by atoms with van der Waals surface area (Å²) in [5.74, 6) is 1.73. The number of nitrogens with zero attached hydrogens (tertiary/aromatic N) is 1. The Morgan fingerprint density at radius 1 is 1.00 bits per heavy atom. The maximum Gasteiger partial charge on any atom is 0.191 e. The summed E-state index contributed by atoms with van der Waals surface area (Å²) in [6, 6.07) is 18.3. The number of guanidine groups is 1. The molecule has 0 fully saturated rings. The van der Waals surface area contributed by atoms with Crippen molar-refractivity contribution in [1.29, 1.82) is 0 Å². The third-order valence-corrected chi connectivity index (χ3v) is 3.84. The molecule has 5 nitrogen and oxygen atoms in total. The Labute approximate surface area is 156 Å². The van der Waals surface area contributed by atoms with Gasteiger partial charge >= 0.3 is 0 Å². The lowest BCUT2D eigenvalue weighted by molar-refractivity contribution is 0.128. The molecule has 0 aromatic heterocycles. The maximum atomic E-state index is 5.67. The Morgan fingerprint density at radius 3 is 2.54 bits per heavy atom. The highest BCUT2D eigenvalue weighted by molar-refractivity contribution is 5.79. The normalized spacial score (nSPS) is 11.2. The van der Waals surface area contributed by atoms with Crippen molar-refractivity contribution >= 4 is 5.96 Å². The second kappa shape index (κ2) is 11.9. The lowest BCUT2D eigenvalue weighted by Crippen LogP contribution is -2.38. The molecule has 26 heavy (non-hydrogen) atoms. The lowest BCUT2D eigenvalue weighted by Gasteiger charge is -2.12. The topological polar surface area (TPSA) is 54.9 Å². The molecule has 0 aliphatic heterocycles. The van der Waals surface area contributed by atoms with E-state index in [1.54, 1.807) is 7.11 Å². The molecular formula is C21H29N3O2. The van der Waals surface area contributed by atoms with E-state index in [4.69, 9.17) is 9.47 Å². The molecule has 2 aromatic rings. The zero-order valence-corrected chi connectivity index (χ0v) is 15.7. The predicted molar refractivity (Wildman–Crippen MR) is 107 cm³/mol. The SMILES string of the molecule is CCNC(=NCCOCc1ccccc1)NCCc1ccccc1OC.